The lowest BCUT2D eigenvalue weighted by molar-refractivity contribution is 0.206. The first-order chi connectivity index (χ1) is 8.40. The van der Waals surface area contributed by atoms with Crippen LogP contribution in [-0.4, -0.2) is 13.0 Å². The molecule has 0 aliphatic carbocycles. The van der Waals surface area contributed by atoms with E-state index in [9.17, 15) is 0 Å². The van der Waals surface area contributed by atoms with Gasteiger partial charge in [0.1, 0.15) is 12.9 Å². The van der Waals surface area contributed by atoms with Crippen molar-refractivity contribution in [3.05, 3.63) is 66.2 Å². The van der Waals surface area contributed by atoms with E-state index in [0.29, 0.717) is 5.90 Å². The second kappa shape index (κ2) is 5.70. The van der Waals surface area contributed by atoms with Crippen LogP contribution >= 0.6 is 0 Å². The minimum absolute atomic E-state index is 0.444. The number of benzene rings is 2. The molecule has 0 heterocycles. The van der Waals surface area contributed by atoms with Gasteiger partial charge in [0.05, 0.1) is 0 Å². The predicted octanol–water partition coefficient (Wildman–Crippen LogP) is 3.07. The van der Waals surface area contributed by atoms with Crippen LogP contribution in [0.2, 0.25) is 0 Å². The van der Waals surface area contributed by atoms with Gasteiger partial charge in [-0.25, -0.2) is 0 Å². The third-order valence-corrected chi connectivity index (χ3v) is 2.15. The Morgan fingerprint density at radius 1 is 0.882 bits per heavy atom. The zero-order valence-electron chi connectivity index (χ0n) is 9.54. The minimum atomic E-state index is 0.444. The molecule has 0 unspecified atom stereocenters. The molecule has 2 aromatic rings. The summed E-state index contributed by atoms with van der Waals surface area (Å²) in [5.41, 5.74) is 0.873. The fraction of sp³-hybridized carbons (Fsp3) is 0.0714. The molecule has 3 nitrogen and oxygen atoms in total. The van der Waals surface area contributed by atoms with Crippen LogP contribution in [0.1, 0.15) is 5.56 Å². The maximum Gasteiger partial charge on any atom is 0.263 e. The maximum atomic E-state index is 5.67. The molecule has 2 aromatic carbocycles. The van der Waals surface area contributed by atoms with Crippen LogP contribution in [0, 0.1) is 0 Å². The molecular formula is C14H13NO2. The molecule has 0 saturated carbocycles. The number of ether oxygens (including phenoxy) is 1. The van der Waals surface area contributed by atoms with Crippen LogP contribution < -0.4 is 4.74 Å². The number of oxime groups is 1. The highest BCUT2D eigenvalue weighted by atomic mass is 16.6. The van der Waals surface area contributed by atoms with Crippen molar-refractivity contribution >= 4 is 5.90 Å². The van der Waals surface area contributed by atoms with Crippen molar-refractivity contribution in [2.45, 2.75) is 0 Å². The monoisotopic (exact) mass is 227 g/mol. The summed E-state index contributed by atoms with van der Waals surface area (Å²) in [6.07, 6.45) is 0. The molecule has 0 bridgehead atoms. The molecule has 0 N–H and O–H groups in total. The lowest BCUT2D eigenvalue weighted by Crippen LogP contribution is -2.10. The molecule has 0 saturated heterocycles. The van der Waals surface area contributed by atoms with Crippen molar-refractivity contribution in [3.8, 4) is 5.75 Å². The zero-order valence-corrected chi connectivity index (χ0v) is 9.54. The van der Waals surface area contributed by atoms with Gasteiger partial charge in [-0.2, -0.15) is 0 Å². The Labute approximate surface area is 100 Å². The lowest BCUT2D eigenvalue weighted by atomic mass is 10.2. The lowest BCUT2D eigenvalue weighted by Gasteiger charge is -2.07. The molecule has 17 heavy (non-hydrogen) atoms. The van der Waals surface area contributed by atoms with E-state index in [1.165, 1.54) is 7.11 Å². The minimum Gasteiger partial charge on any atom is -0.436 e. The van der Waals surface area contributed by atoms with Gasteiger partial charge in [-0.15, -0.1) is 0 Å². The van der Waals surface area contributed by atoms with Crippen molar-refractivity contribution in [1.82, 2.24) is 0 Å². The average molecular weight is 227 g/mol. The van der Waals surface area contributed by atoms with Crippen molar-refractivity contribution in [2.24, 2.45) is 5.16 Å². The van der Waals surface area contributed by atoms with Crippen molar-refractivity contribution < 1.29 is 9.57 Å². The van der Waals surface area contributed by atoms with Gasteiger partial charge in [0.15, 0.2) is 0 Å². The van der Waals surface area contributed by atoms with Crippen LogP contribution in [0.5, 0.6) is 5.75 Å². The maximum absolute atomic E-state index is 5.67. The standard InChI is InChI=1S/C14H13NO2/c1-16-15-14(12-8-4-2-5-9-12)17-13-10-6-3-7-11-13/h2-11H,1H3/b15-14+. The normalized spacial score (nSPS) is 11.0. The summed E-state index contributed by atoms with van der Waals surface area (Å²) in [7, 11) is 1.50. The number of hydrogen-bond donors (Lipinski definition) is 0. The molecule has 0 atom stereocenters. The highest BCUT2D eigenvalue weighted by Gasteiger charge is 2.06. The predicted molar refractivity (Wildman–Crippen MR) is 67.1 cm³/mol. The van der Waals surface area contributed by atoms with E-state index in [0.717, 1.165) is 11.3 Å². The molecule has 0 radical (unpaired) electrons. The van der Waals surface area contributed by atoms with Gasteiger partial charge in [0.25, 0.3) is 5.90 Å². The molecule has 3 heteroatoms. The van der Waals surface area contributed by atoms with Crippen molar-refractivity contribution in [3.63, 3.8) is 0 Å². The van der Waals surface area contributed by atoms with Crippen LogP contribution in [0.15, 0.2) is 65.8 Å². The van der Waals surface area contributed by atoms with Gasteiger partial charge in [0.2, 0.25) is 0 Å². The molecule has 0 spiro atoms. The Morgan fingerprint density at radius 3 is 2.06 bits per heavy atom. The summed E-state index contributed by atoms with van der Waals surface area (Å²) in [5, 5.41) is 3.88. The molecular weight excluding hydrogens is 214 g/mol. The molecule has 0 fully saturated rings. The fourth-order valence-electron chi connectivity index (χ4n) is 1.39. The second-order valence-corrected chi connectivity index (χ2v) is 3.36. The van der Waals surface area contributed by atoms with E-state index in [-0.39, 0.29) is 0 Å². The molecule has 0 aromatic heterocycles. The number of hydrogen-bond acceptors (Lipinski definition) is 3. The SMILES string of the molecule is CO/N=C(/Oc1ccccc1)c1ccccc1. The first-order valence-corrected chi connectivity index (χ1v) is 5.29. The average Bonchev–Trinajstić information content (AvgIpc) is 2.40. The summed E-state index contributed by atoms with van der Waals surface area (Å²) in [5.74, 6) is 1.17. The molecule has 86 valence electrons. The van der Waals surface area contributed by atoms with Gasteiger partial charge in [-0.05, 0) is 29.4 Å². The van der Waals surface area contributed by atoms with Crippen LogP contribution in [0.4, 0.5) is 0 Å². The van der Waals surface area contributed by atoms with Crippen LogP contribution in [0.3, 0.4) is 0 Å². The van der Waals surface area contributed by atoms with E-state index in [1.54, 1.807) is 0 Å². The van der Waals surface area contributed by atoms with Gasteiger partial charge in [0, 0.05) is 5.56 Å². The fourth-order valence-corrected chi connectivity index (χ4v) is 1.39. The molecule has 0 aliphatic heterocycles. The van der Waals surface area contributed by atoms with E-state index in [1.807, 2.05) is 60.7 Å². The summed E-state index contributed by atoms with van der Waals surface area (Å²) in [4.78, 5) is 4.79. The Bertz CT molecular complexity index is 480. The van der Waals surface area contributed by atoms with Crippen LogP contribution in [-0.2, 0) is 4.84 Å². The van der Waals surface area contributed by atoms with Crippen LogP contribution in [0.25, 0.3) is 0 Å². The number of nitrogens with zero attached hydrogens (tertiary/aromatic N) is 1. The van der Waals surface area contributed by atoms with E-state index in [4.69, 9.17) is 9.57 Å². The second-order valence-electron chi connectivity index (χ2n) is 3.36. The van der Waals surface area contributed by atoms with Crippen molar-refractivity contribution in [2.75, 3.05) is 7.11 Å². The Hall–Kier alpha value is -2.29. The summed E-state index contributed by atoms with van der Waals surface area (Å²) in [6, 6.07) is 19.1. The zero-order chi connectivity index (χ0) is 11.9. The summed E-state index contributed by atoms with van der Waals surface area (Å²) >= 11 is 0. The summed E-state index contributed by atoms with van der Waals surface area (Å²) < 4.78 is 5.67. The van der Waals surface area contributed by atoms with Gasteiger partial charge >= 0.3 is 0 Å². The Kier molecular flexibility index (Phi) is 3.76. The first kappa shape index (κ1) is 11.2. The largest absolute Gasteiger partial charge is 0.436 e. The third kappa shape index (κ3) is 3.08. The molecule has 2 rings (SSSR count). The molecule has 0 aliphatic rings. The first-order valence-electron chi connectivity index (χ1n) is 5.29. The highest BCUT2D eigenvalue weighted by molar-refractivity contribution is 5.95. The Balaban J connectivity index is 2.23. The third-order valence-electron chi connectivity index (χ3n) is 2.15. The van der Waals surface area contributed by atoms with Gasteiger partial charge in [-0.3, -0.25) is 0 Å². The quantitative estimate of drug-likeness (QED) is 0.458. The highest BCUT2D eigenvalue weighted by Crippen LogP contribution is 2.12. The van der Waals surface area contributed by atoms with E-state index in [2.05, 4.69) is 5.16 Å². The summed E-state index contributed by atoms with van der Waals surface area (Å²) in [6.45, 7) is 0. The van der Waals surface area contributed by atoms with E-state index >= 15 is 0 Å². The van der Waals surface area contributed by atoms with E-state index < -0.39 is 0 Å². The molecule has 0 amide bonds. The van der Waals surface area contributed by atoms with Gasteiger partial charge < -0.3 is 9.57 Å². The topological polar surface area (TPSA) is 30.8 Å². The van der Waals surface area contributed by atoms with Gasteiger partial charge in [-0.1, -0.05) is 36.4 Å². The van der Waals surface area contributed by atoms with Crippen molar-refractivity contribution in [1.29, 1.82) is 0 Å². The number of rotatable bonds is 3. The number of para-hydroxylation sites is 1. The smallest absolute Gasteiger partial charge is 0.263 e. The Morgan fingerprint density at radius 2 is 1.47 bits per heavy atom.